The summed E-state index contributed by atoms with van der Waals surface area (Å²) in [5, 5.41) is 8.96. The fraction of sp³-hybridized carbons (Fsp3) is 0.480. The molecule has 0 saturated heterocycles. The second-order valence-corrected chi connectivity index (χ2v) is 11.4. The third-order valence-electron chi connectivity index (χ3n) is 6.31. The molecule has 1 N–H and O–H groups in total. The zero-order valence-electron chi connectivity index (χ0n) is 19.5. The number of carbonyl (C=O) groups is 1. The Morgan fingerprint density at radius 3 is 2.55 bits per heavy atom. The van der Waals surface area contributed by atoms with E-state index in [0.717, 1.165) is 36.3 Å². The summed E-state index contributed by atoms with van der Waals surface area (Å²) in [6.45, 7) is 4.81. The summed E-state index contributed by atoms with van der Waals surface area (Å²) < 4.78 is 33.3. The van der Waals surface area contributed by atoms with Gasteiger partial charge in [-0.25, -0.2) is 8.42 Å². The van der Waals surface area contributed by atoms with Crippen LogP contribution in [-0.2, 0) is 14.6 Å². The fourth-order valence-corrected chi connectivity index (χ4v) is 7.11. The quantitative estimate of drug-likeness (QED) is 0.422. The summed E-state index contributed by atoms with van der Waals surface area (Å²) in [5.41, 5.74) is 1.24. The summed E-state index contributed by atoms with van der Waals surface area (Å²) in [6.07, 6.45) is 5.35. The van der Waals surface area contributed by atoms with Crippen molar-refractivity contribution in [1.29, 1.82) is 0 Å². The van der Waals surface area contributed by atoms with Gasteiger partial charge in [0.15, 0.2) is 9.84 Å². The summed E-state index contributed by atoms with van der Waals surface area (Å²) in [4.78, 5) is 14.1. The smallest absolute Gasteiger partial charge is 0.306 e. The van der Waals surface area contributed by atoms with Crippen molar-refractivity contribution in [3.05, 3.63) is 42.5 Å². The number of hydrogen-bond acceptors (Lipinski definition) is 6. The number of sulfone groups is 1. The third-order valence-corrected chi connectivity index (χ3v) is 9.06. The Morgan fingerprint density at radius 1 is 1.21 bits per heavy atom. The maximum Gasteiger partial charge on any atom is 0.306 e. The number of benzene rings is 2. The lowest BCUT2D eigenvalue weighted by atomic mass is 9.81. The third kappa shape index (κ3) is 5.84. The number of hydrogen-bond donors (Lipinski definition) is 1. The van der Waals surface area contributed by atoms with E-state index in [0.29, 0.717) is 18.0 Å². The summed E-state index contributed by atoms with van der Waals surface area (Å²) in [5.74, 6) is -0.460. The normalized spacial score (nSPS) is 19.5. The van der Waals surface area contributed by atoms with Gasteiger partial charge in [0.2, 0.25) is 0 Å². The first-order valence-corrected chi connectivity index (χ1v) is 14.2. The molecular formula is C25H33NO5S2. The highest BCUT2D eigenvalue weighted by Crippen LogP contribution is 2.47. The van der Waals surface area contributed by atoms with Crippen molar-refractivity contribution in [2.45, 2.75) is 55.7 Å². The van der Waals surface area contributed by atoms with Crippen LogP contribution in [0.15, 0.2) is 52.3 Å². The van der Waals surface area contributed by atoms with E-state index in [4.69, 9.17) is 9.84 Å². The number of anilines is 2. The Labute approximate surface area is 201 Å². The minimum atomic E-state index is -3.61. The molecule has 3 rings (SSSR count). The number of nitrogens with zero attached hydrogens (tertiary/aromatic N) is 1. The average molecular weight is 492 g/mol. The molecule has 2 aromatic carbocycles. The number of carboxylic acids is 1. The number of carboxylic acid groups (broad SMARTS) is 1. The van der Waals surface area contributed by atoms with E-state index < -0.39 is 15.8 Å². The Morgan fingerprint density at radius 2 is 1.94 bits per heavy atom. The van der Waals surface area contributed by atoms with Gasteiger partial charge in [-0.15, -0.1) is 11.8 Å². The highest BCUT2D eigenvalue weighted by Gasteiger charge is 2.41. The van der Waals surface area contributed by atoms with E-state index in [-0.39, 0.29) is 29.1 Å². The zero-order valence-corrected chi connectivity index (χ0v) is 21.2. The Balaban J connectivity index is 2.18. The molecule has 0 radical (unpaired) electrons. The molecule has 0 bridgehead atoms. The topological polar surface area (TPSA) is 83.9 Å². The van der Waals surface area contributed by atoms with Gasteiger partial charge in [0, 0.05) is 23.7 Å². The second-order valence-electron chi connectivity index (χ2n) is 8.60. The molecule has 0 aliphatic carbocycles. The monoisotopic (exact) mass is 491 g/mol. The molecule has 1 aliphatic heterocycles. The highest BCUT2D eigenvalue weighted by atomic mass is 32.2. The number of para-hydroxylation sites is 1. The van der Waals surface area contributed by atoms with E-state index in [9.17, 15) is 13.2 Å². The van der Waals surface area contributed by atoms with Crippen LogP contribution in [-0.4, -0.2) is 44.7 Å². The van der Waals surface area contributed by atoms with Crippen LogP contribution in [0.2, 0.25) is 0 Å². The molecule has 0 saturated carbocycles. The Kier molecular flexibility index (Phi) is 8.34. The molecular weight excluding hydrogens is 458 g/mol. The minimum absolute atomic E-state index is 0.0144. The molecule has 1 atom stereocenters. The molecule has 0 unspecified atom stereocenters. The largest absolute Gasteiger partial charge is 0.492 e. The minimum Gasteiger partial charge on any atom is -0.492 e. The molecule has 1 heterocycles. The SMILES string of the molecule is CCCC[C@@]1(CC)CN(c2ccccc2)c2cc(SC)c(OCCC(=O)O)cc2S(=O)(=O)C1. The number of unbranched alkanes of at least 4 members (excludes halogenated alkanes) is 1. The van der Waals surface area contributed by atoms with E-state index in [1.54, 1.807) is 6.07 Å². The number of rotatable bonds is 10. The maximum atomic E-state index is 13.8. The van der Waals surface area contributed by atoms with Gasteiger partial charge in [-0.1, -0.05) is 44.9 Å². The lowest BCUT2D eigenvalue weighted by Crippen LogP contribution is -2.37. The summed E-state index contributed by atoms with van der Waals surface area (Å²) in [6, 6.07) is 13.4. The first-order valence-electron chi connectivity index (χ1n) is 11.4. The fourth-order valence-electron chi connectivity index (χ4n) is 4.39. The van der Waals surface area contributed by atoms with Crippen LogP contribution in [0.5, 0.6) is 5.75 Å². The predicted molar refractivity (Wildman–Crippen MR) is 134 cm³/mol. The van der Waals surface area contributed by atoms with Crippen molar-refractivity contribution >= 4 is 38.9 Å². The molecule has 1 aliphatic rings. The van der Waals surface area contributed by atoms with Gasteiger partial charge in [0.05, 0.1) is 34.3 Å². The molecule has 0 amide bonds. The molecule has 8 heteroatoms. The van der Waals surface area contributed by atoms with E-state index in [2.05, 4.69) is 18.7 Å². The van der Waals surface area contributed by atoms with Gasteiger partial charge in [-0.05, 0) is 37.3 Å². The highest BCUT2D eigenvalue weighted by molar-refractivity contribution is 7.98. The lowest BCUT2D eigenvalue weighted by Gasteiger charge is -2.36. The number of thioether (sulfide) groups is 1. The van der Waals surface area contributed by atoms with E-state index in [1.807, 2.05) is 42.7 Å². The number of fused-ring (bicyclic) bond motifs is 1. The van der Waals surface area contributed by atoms with Crippen molar-refractivity contribution in [2.24, 2.45) is 5.41 Å². The van der Waals surface area contributed by atoms with Crippen molar-refractivity contribution in [3.63, 3.8) is 0 Å². The van der Waals surface area contributed by atoms with Crippen LogP contribution in [0, 0.1) is 5.41 Å². The predicted octanol–water partition coefficient (Wildman–Crippen LogP) is 5.77. The summed E-state index contributed by atoms with van der Waals surface area (Å²) >= 11 is 1.46. The van der Waals surface area contributed by atoms with Crippen molar-refractivity contribution in [2.75, 3.05) is 30.1 Å². The first-order chi connectivity index (χ1) is 15.7. The summed E-state index contributed by atoms with van der Waals surface area (Å²) in [7, 11) is -3.61. The van der Waals surface area contributed by atoms with Crippen LogP contribution < -0.4 is 9.64 Å². The standard InChI is InChI=1S/C25H33NO5S2/c1-4-6-13-25(5-2)17-26(19-10-8-7-9-11-19)20-15-22(32-3)21(31-14-12-24(27)28)16-23(20)33(29,30)18-25/h7-11,15-16H,4-6,12-14,17-18H2,1-3H3,(H,27,28)/t25-/m0/s1. The van der Waals surface area contributed by atoms with Crippen LogP contribution in [0.25, 0.3) is 0 Å². The molecule has 180 valence electrons. The number of ether oxygens (including phenoxy) is 1. The lowest BCUT2D eigenvalue weighted by molar-refractivity contribution is -0.137. The molecule has 6 nitrogen and oxygen atoms in total. The van der Waals surface area contributed by atoms with E-state index >= 15 is 0 Å². The van der Waals surface area contributed by atoms with Crippen molar-refractivity contribution in [3.8, 4) is 5.75 Å². The van der Waals surface area contributed by atoms with Gasteiger partial charge in [0.1, 0.15) is 5.75 Å². The molecule has 0 aromatic heterocycles. The van der Waals surface area contributed by atoms with Gasteiger partial charge in [-0.3, -0.25) is 4.79 Å². The van der Waals surface area contributed by atoms with Gasteiger partial charge in [-0.2, -0.15) is 0 Å². The van der Waals surface area contributed by atoms with Gasteiger partial charge in [0.25, 0.3) is 0 Å². The van der Waals surface area contributed by atoms with E-state index in [1.165, 1.54) is 11.8 Å². The van der Waals surface area contributed by atoms with Crippen molar-refractivity contribution < 1.29 is 23.1 Å². The number of aliphatic carboxylic acids is 1. The van der Waals surface area contributed by atoms with Crippen LogP contribution in [0.3, 0.4) is 0 Å². The Bertz CT molecular complexity index is 1070. The zero-order chi connectivity index (χ0) is 24.1. The van der Waals surface area contributed by atoms with Crippen LogP contribution in [0.4, 0.5) is 11.4 Å². The maximum absolute atomic E-state index is 13.8. The van der Waals surface area contributed by atoms with Crippen LogP contribution in [0.1, 0.15) is 46.0 Å². The molecule has 0 fully saturated rings. The first kappa shape index (κ1) is 25.4. The Hall–Kier alpha value is -2.19. The molecule has 33 heavy (non-hydrogen) atoms. The van der Waals surface area contributed by atoms with Crippen LogP contribution >= 0.6 is 11.8 Å². The van der Waals surface area contributed by atoms with Gasteiger partial charge >= 0.3 is 5.97 Å². The molecule has 2 aromatic rings. The van der Waals surface area contributed by atoms with Crippen molar-refractivity contribution in [1.82, 2.24) is 0 Å². The average Bonchev–Trinajstić information content (AvgIpc) is 2.90. The molecule has 0 spiro atoms. The van der Waals surface area contributed by atoms with Gasteiger partial charge < -0.3 is 14.7 Å². The second kappa shape index (κ2) is 10.8.